The summed E-state index contributed by atoms with van der Waals surface area (Å²) in [5, 5.41) is 0. The Morgan fingerprint density at radius 3 is 1.44 bits per heavy atom. The van der Waals surface area contributed by atoms with Crippen LogP contribution in [0, 0.1) is 0 Å². The molecule has 0 fully saturated rings. The van der Waals surface area contributed by atoms with Crippen molar-refractivity contribution in [3.05, 3.63) is 0 Å². The second-order valence-electron chi connectivity index (χ2n) is 4.27. The van der Waals surface area contributed by atoms with Crippen molar-refractivity contribution in [2.45, 2.75) is 19.6 Å². The van der Waals surface area contributed by atoms with E-state index in [1.807, 2.05) is 0 Å². The number of hydrogen-bond donors (Lipinski definition) is 0. The zero-order chi connectivity index (χ0) is 13.7. The van der Waals surface area contributed by atoms with Gasteiger partial charge in [0.25, 0.3) is 60.0 Å². The summed E-state index contributed by atoms with van der Waals surface area (Å²) in [6.07, 6.45) is 0. The van der Waals surface area contributed by atoms with Gasteiger partial charge in [-0.2, -0.15) is 0 Å². The average molecular weight is 397 g/mol. The van der Waals surface area contributed by atoms with E-state index < -0.39 is 68.4 Å². The monoisotopic (exact) mass is 396 g/mol. The van der Waals surface area contributed by atoms with Crippen molar-refractivity contribution in [1.82, 2.24) is 0 Å². The third kappa shape index (κ3) is 17.5. The minimum atomic E-state index is -1.40. The summed E-state index contributed by atoms with van der Waals surface area (Å²) in [6.45, 7) is 6.48. The van der Waals surface area contributed by atoms with Crippen LogP contribution < -0.4 is 0 Å². The predicted molar refractivity (Wildman–Crippen MR) is 92.1 cm³/mol. The standard InChI is InChI=1S/C3H24O7Si8/c1-18(2,3)10-17-9-16-8-15-7-14-6-13-5-12-4-11/h12-17H2,1-3,11H3. The maximum atomic E-state index is 5.66. The molecular formula is C3H24O7Si8. The Morgan fingerprint density at radius 2 is 1.06 bits per heavy atom. The van der Waals surface area contributed by atoms with E-state index in [0.717, 1.165) is 10.5 Å². The summed E-state index contributed by atoms with van der Waals surface area (Å²) < 4.78 is 37.5. The first-order valence-corrected chi connectivity index (χ1v) is 16.7. The lowest BCUT2D eigenvalue weighted by molar-refractivity contribution is 0.371. The highest BCUT2D eigenvalue weighted by molar-refractivity contribution is 6.73. The molecule has 0 atom stereocenters. The molecule has 0 aliphatic carbocycles. The van der Waals surface area contributed by atoms with Gasteiger partial charge in [0, 0.05) is 0 Å². The van der Waals surface area contributed by atoms with Crippen LogP contribution >= 0.6 is 0 Å². The van der Waals surface area contributed by atoms with Crippen LogP contribution in [-0.4, -0.2) is 78.8 Å². The van der Waals surface area contributed by atoms with Crippen molar-refractivity contribution >= 4 is 78.8 Å². The van der Waals surface area contributed by atoms with Gasteiger partial charge in [-0.3, -0.25) is 0 Å². The fourth-order valence-corrected chi connectivity index (χ4v) is 12.9. The zero-order valence-corrected chi connectivity index (χ0v) is 23.1. The second kappa shape index (κ2) is 13.4. The van der Waals surface area contributed by atoms with E-state index in [1.165, 1.54) is 0 Å². The molecule has 0 unspecified atom stereocenters. The smallest absolute Gasteiger partial charge is 0.286 e. The molecule has 0 aliphatic rings. The number of rotatable bonds is 13. The van der Waals surface area contributed by atoms with Crippen LogP contribution in [0.1, 0.15) is 0 Å². The van der Waals surface area contributed by atoms with Gasteiger partial charge in [0.15, 0.2) is 8.32 Å². The Kier molecular flexibility index (Phi) is 14.5. The fraction of sp³-hybridized carbons (Fsp3) is 1.00. The molecule has 0 saturated heterocycles. The van der Waals surface area contributed by atoms with Gasteiger partial charge in [-0.05, 0) is 19.6 Å². The Bertz CT molecular complexity index is 179. The zero-order valence-electron chi connectivity index (χ0n) is 11.6. The van der Waals surface area contributed by atoms with E-state index in [4.69, 9.17) is 28.8 Å². The van der Waals surface area contributed by atoms with Crippen molar-refractivity contribution in [1.29, 1.82) is 0 Å². The summed E-state index contributed by atoms with van der Waals surface area (Å²) in [4.78, 5) is 0. The third-order valence-electron chi connectivity index (χ3n) is 1.44. The molecule has 0 aromatic rings. The Balaban J connectivity index is 2.99. The second-order valence-corrected chi connectivity index (χ2v) is 21.5. The molecule has 18 heavy (non-hydrogen) atoms. The molecule has 0 aromatic carbocycles. The van der Waals surface area contributed by atoms with Crippen molar-refractivity contribution in [2.75, 3.05) is 0 Å². The van der Waals surface area contributed by atoms with Crippen LogP contribution in [0.3, 0.4) is 0 Å². The first-order chi connectivity index (χ1) is 8.56. The van der Waals surface area contributed by atoms with Gasteiger partial charge < -0.3 is 28.8 Å². The molecule has 0 saturated carbocycles. The summed E-state index contributed by atoms with van der Waals surface area (Å²) >= 11 is 0. The minimum absolute atomic E-state index is 0.718. The molecule has 15 heteroatoms. The highest BCUT2D eigenvalue weighted by Gasteiger charge is 2.13. The summed E-state index contributed by atoms with van der Waals surface area (Å²) in [7, 11) is -5.63. The summed E-state index contributed by atoms with van der Waals surface area (Å²) in [6, 6.07) is 0. The lowest BCUT2D eigenvalue weighted by atomic mass is 11.8. The van der Waals surface area contributed by atoms with Gasteiger partial charge in [0.1, 0.15) is 10.5 Å². The largest absolute Gasteiger partial charge is 0.449 e. The summed E-state index contributed by atoms with van der Waals surface area (Å²) in [5.41, 5.74) is 0. The molecule has 7 nitrogen and oxygen atoms in total. The lowest BCUT2D eigenvalue weighted by Crippen LogP contribution is -2.29. The SMILES string of the molecule is C[Si](C)(C)O[SiH2]O[SiH2]O[SiH2]O[SiH2]O[SiH2]O[SiH2]O[SiH3]. The van der Waals surface area contributed by atoms with E-state index in [2.05, 4.69) is 19.6 Å². The maximum Gasteiger partial charge on any atom is 0.286 e. The molecule has 110 valence electrons. The molecule has 0 radical (unpaired) electrons. The van der Waals surface area contributed by atoms with Gasteiger partial charge in [0.05, 0.1) is 0 Å². The third-order valence-corrected chi connectivity index (χ3v) is 13.0. The summed E-state index contributed by atoms with van der Waals surface area (Å²) in [5.74, 6) is 0. The molecule has 0 aliphatic heterocycles. The van der Waals surface area contributed by atoms with Crippen LogP contribution in [0.25, 0.3) is 0 Å². The predicted octanol–water partition coefficient (Wildman–Crippen LogP) is -5.79. The van der Waals surface area contributed by atoms with E-state index in [1.54, 1.807) is 0 Å². The molecule has 0 rings (SSSR count). The van der Waals surface area contributed by atoms with E-state index in [-0.39, 0.29) is 0 Å². The minimum Gasteiger partial charge on any atom is -0.449 e. The van der Waals surface area contributed by atoms with Crippen molar-refractivity contribution < 1.29 is 28.8 Å². The van der Waals surface area contributed by atoms with Crippen LogP contribution in [0.5, 0.6) is 0 Å². The van der Waals surface area contributed by atoms with Gasteiger partial charge >= 0.3 is 0 Å². The van der Waals surface area contributed by atoms with Crippen molar-refractivity contribution in [2.24, 2.45) is 0 Å². The molecule has 0 bridgehead atoms. The molecule has 0 amide bonds. The van der Waals surface area contributed by atoms with Crippen molar-refractivity contribution in [3.63, 3.8) is 0 Å². The molecule has 0 heterocycles. The normalized spacial score (nSPS) is 16.2. The first-order valence-electron chi connectivity index (χ1n) is 5.58. The van der Waals surface area contributed by atoms with Crippen LogP contribution in [0.2, 0.25) is 19.6 Å². The van der Waals surface area contributed by atoms with E-state index in [0.29, 0.717) is 0 Å². The first kappa shape index (κ1) is 19.5. The van der Waals surface area contributed by atoms with Gasteiger partial charge in [-0.15, -0.1) is 0 Å². The highest BCUT2D eigenvalue weighted by atomic mass is 28.4. The Labute approximate surface area is 127 Å². The highest BCUT2D eigenvalue weighted by Crippen LogP contribution is 2.00. The van der Waals surface area contributed by atoms with Gasteiger partial charge in [-0.25, -0.2) is 0 Å². The molecule has 0 N–H and O–H groups in total. The van der Waals surface area contributed by atoms with Crippen LogP contribution in [0.4, 0.5) is 0 Å². The van der Waals surface area contributed by atoms with Crippen LogP contribution in [-0.2, 0) is 28.8 Å². The molecular weight excluding hydrogens is 373 g/mol. The van der Waals surface area contributed by atoms with Gasteiger partial charge in [-0.1, -0.05) is 0 Å². The topological polar surface area (TPSA) is 64.6 Å². The van der Waals surface area contributed by atoms with E-state index >= 15 is 0 Å². The lowest BCUT2D eigenvalue weighted by Gasteiger charge is -2.17. The number of hydrogen-bond acceptors (Lipinski definition) is 7. The van der Waals surface area contributed by atoms with Crippen LogP contribution in [0.15, 0.2) is 0 Å². The van der Waals surface area contributed by atoms with Gasteiger partial charge in [0.2, 0.25) is 0 Å². The maximum absolute atomic E-state index is 5.66. The Morgan fingerprint density at radius 1 is 0.667 bits per heavy atom. The van der Waals surface area contributed by atoms with E-state index in [9.17, 15) is 0 Å². The van der Waals surface area contributed by atoms with Crippen molar-refractivity contribution in [3.8, 4) is 0 Å². The average Bonchev–Trinajstić information content (AvgIpc) is 2.29. The molecule has 0 aromatic heterocycles. The Hall–Kier alpha value is 1.46. The quantitative estimate of drug-likeness (QED) is 0.227. The molecule has 0 spiro atoms. The fourth-order valence-electron chi connectivity index (χ4n) is 0.708.